The molecule has 1 atom stereocenters. The molecule has 5 rings (SSSR count). The zero-order valence-corrected chi connectivity index (χ0v) is 17.0. The van der Waals surface area contributed by atoms with Gasteiger partial charge in [0.1, 0.15) is 5.54 Å². The summed E-state index contributed by atoms with van der Waals surface area (Å²) in [5.41, 5.74) is 4.51. The van der Waals surface area contributed by atoms with Crippen LogP contribution in [0.5, 0.6) is 0 Å². The summed E-state index contributed by atoms with van der Waals surface area (Å²) in [7, 11) is 0. The minimum atomic E-state index is -0.720. The molecule has 5 nitrogen and oxygen atoms in total. The van der Waals surface area contributed by atoms with Gasteiger partial charge in [0.25, 0.3) is 0 Å². The van der Waals surface area contributed by atoms with Crippen LogP contribution in [0.15, 0.2) is 72.8 Å². The summed E-state index contributed by atoms with van der Waals surface area (Å²) >= 11 is 6.13. The molecule has 0 bridgehead atoms. The van der Waals surface area contributed by atoms with E-state index in [1.165, 1.54) is 11.9 Å². The monoisotopic (exact) mass is 415 g/mol. The van der Waals surface area contributed by atoms with Gasteiger partial charge in [0.2, 0.25) is 12.4 Å². The van der Waals surface area contributed by atoms with E-state index in [-0.39, 0.29) is 0 Å². The van der Waals surface area contributed by atoms with E-state index in [0.717, 1.165) is 27.9 Å². The third kappa shape index (κ3) is 2.51. The molecule has 1 saturated heterocycles. The predicted octanol–water partition coefficient (Wildman–Crippen LogP) is 5.06. The SMILES string of the molecule is CC(=O)OC1CC2(c3ccccc3-c3ccccc32)N(c2ccc(Cl)cc2)N1C#N. The van der Waals surface area contributed by atoms with Crippen molar-refractivity contribution in [2.75, 3.05) is 5.01 Å². The molecule has 1 aliphatic heterocycles. The van der Waals surface area contributed by atoms with Crippen LogP contribution in [0.3, 0.4) is 0 Å². The van der Waals surface area contributed by atoms with Crippen LogP contribution < -0.4 is 5.01 Å². The number of hydrogen-bond donors (Lipinski definition) is 0. The van der Waals surface area contributed by atoms with Crippen molar-refractivity contribution in [2.24, 2.45) is 0 Å². The smallest absolute Gasteiger partial charge is 0.304 e. The number of ether oxygens (including phenoxy) is 1. The summed E-state index contributed by atoms with van der Waals surface area (Å²) in [5, 5.41) is 14.1. The molecule has 0 N–H and O–H groups in total. The molecule has 1 unspecified atom stereocenters. The summed E-state index contributed by atoms with van der Waals surface area (Å²) in [6.45, 7) is 1.36. The Morgan fingerprint density at radius 2 is 1.60 bits per heavy atom. The van der Waals surface area contributed by atoms with Gasteiger partial charge in [0.05, 0.1) is 5.69 Å². The van der Waals surface area contributed by atoms with Gasteiger partial charge >= 0.3 is 5.97 Å². The van der Waals surface area contributed by atoms with Crippen LogP contribution >= 0.6 is 11.6 Å². The van der Waals surface area contributed by atoms with Gasteiger partial charge in [-0.3, -0.25) is 9.80 Å². The Labute approximate surface area is 179 Å². The first-order valence-corrected chi connectivity index (χ1v) is 10.1. The molecule has 0 saturated carbocycles. The Hall–Kier alpha value is -3.49. The number of rotatable bonds is 2. The second-order valence-corrected chi connectivity index (χ2v) is 7.89. The van der Waals surface area contributed by atoms with E-state index in [1.807, 2.05) is 41.4 Å². The van der Waals surface area contributed by atoms with Crippen LogP contribution in [-0.4, -0.2) is 17.2 Å². The van der Waals surface area contributed by atoms with Crippen molar-refractivity contribution in [3.05, 3.63) is 88.9 Å². The Morgan fingerprint density at radius 3 is 2.13 bits per heavy atom. The Morgan fingerprint density at radius 1 is 1.03 bits per heavy atom. The molecule has 6 heteroatoms. The van der Waals surface area contributed by atoms with Gasteiger partial charge in [-0.2, -0.15) is 10.3 Å². The lowest BCUT2D eigenvalue weighted by Gasteiger charge is -2.39. The Balaban J connectivity index is 1.81. The number of esters is 1. The summed E-state index contributed by atoms with van der Waals surface area (Å²) in [4.78, 5) is 11.8. The van der Waals surface area contributed by atoms with Crippen molar-refractivity contribution in [3.63, 3.8) is 0 Å². The lowest BCUT2D eigenvalue weighted by molar-refractivity contribution is -0.151. The number of carbonyl (C=O) groups is 1. The van der Waals surface area contributed by atoms with Gasteiger partial charge < -0.3 is 4.74 Å². The summed E-state index contributed by atoms with van der Waals surface area (Å²) in [5.74, 6) is -0.423. The molecule has 3 aromatic rings. The number of nitrogens with zero attached hydrogens (tertiary/aromatic N) is 3. The van der Waals surface area contributed by atoms with Crippen molar-refractivity contribution < 1.29 is 9.53 Å². The highest BCUT2D eigenvalue weighted by Crippen LogP contribution is 2.58. The molecule has 0 radical (unpaired) electrons. The molecule has 1 spiro atoms. The second kappa shape index (κ2) is 6.79. The molecule has 148 valence electrons. The lowest BCUT2D eigenvalue weighted by atomic mass is 9.84. The fraction of sp³-hybridized carbons (Fsp3) is 0.167. The number of hydrazine groups is 1. The van der Waals surface area contributed by atoms with Crippen LogP contribution in [-0.2, 0) is 15.1 Å². The number of fused-ring (bicyclic) bond motifs is 5. The maximum Gasteiger partial charge on any atom is 0.304 e. The van der Waals surface area contributed by atoms with Gasteiger partial charge in [-0.15, -0.1) is 0 Å². The molecular formula is C24H18ClN3O2. The summed E-state index contributed by atoms with van der Waals surface area (Å²) in [6.07, 6.45) is 1.95. The molecule has 0 amide bonds. The zero-order valence-electron chi connectivity index (χ0n) is 16.2. The topological polar surface area (TPSA) is 56.6 Å². The van der Waals surface area contributed by atoms with Crippen LogP contribution in [0, 0.1) is 11.5 Å². The molecule has 1 heterocycles. The quantitative estimate of drug-likeness (QED) is 0.432. The van der Waals surface area contributed by atoms with Crippen molar-refractivity contribution in [1.82, 2.24) is 5.01 Å². The van der Waals surface area contributed by atoms with E-state index in [0.29, 0.717) is 11.4 Å². The fourth-order valence-electron chi connectivity index (χ4n) is 4.81. The normalized spacial score (nSPS) is 18.1. The van der Waals surface area contributed by atoms with Crippen LogP contribution in [0.25, 0.3) is 11.1 Å². The van der Waals surface area contributed by atoms with E-state index >= 15 is 0 Å². The minimum Gasteiger partial charge on any atom is -0.439 e. The number of carbonyl (C=O) groups excluding carboxylic acids is 1. The molecule has 0 aromatic heterocycles. The van der Waals surface area contributed by atoms with Gasteiger partial charge in [-0.1, -0.05) is 60.1 Å². The Bertz CT molecular complexity index is 1140. The van der Waals surface area contributed by atoms with E-state index in [4.69, 9.17) is 16.3 Å². The van der Waals surface area contributed by atoms with Crippen molar-refractivity contribution in [2.45, 2.75) is 25.1 Å². The first kappa shape index (κ1) is 18.5. The first-order chi connectivity index (χ1) is 14.6. The molecule has 30 heavy (non-hydrogen) atoms. The van der Waals surface area contributed by atoms with Crippen molar-refractivity contribution in [1.29, 1.82) is 5.26 Å². The predicted molar refractivity (Wildman–Crippen MR) is 114 cm³/mol. The molecule has 1 fully saturated rings. The number of anilines is 1. The minimum absolute atomic E-state index is 0.423. The van der Waals surface area contributed by atoms with E-state index in [2.05, 4.69) is 30.5 Å². The number of nitriles is 1. The second-order valence-electron chi connectivity index (χ2n) is 7.45. The molecule has 2 aliphatic rings. The van der Waals surface area contributed by atoms with Crippen molar-refractivity contribution in [3.8, 4) is 17.3 Å². The van der Waals surface area contributed by atoms with Gasteiger partial charge in [0.15, 0.2) is 0 Å². The maximum atomic E-state index is 11.8. The van der Waals surface area contributed by atoms with E-state index < -0.39 is 17.7 Å². The first-order valence-electron chi connectivity index (χ1n) is 9.67. The lowest BCUT2D eigenvalue weighted by Crippen LogP contribution is -2.47. The Kier molecular flexibility index (Phi) is 4.19. The van der Waals surface area contributed by atoms with Gasteiger partial charge in [-0.05, 0) is 46.5 Å². The highest BCUT2D eigenvalue weighted by atomic mass is 35.5. The average molecular weight is 416 g/mol. The highest BCUT2D eigenvalue weighted by Gasteiger charge is 2.58. The third-order valence-electron chi connectivity index (χ3n) is 5.83. The number of hydrogen-bond acceptors (Lipinski definition) is 5. The van der Waals surface area contributed by atoms with Crippen LogP contribution in [0.4, 0.5) is 5.69 Å². The fourth-order valence-corrected chi connectivity index (χ4v) is 4.93. The zero-order chi connectivity index (χ0) is 20.9. The van der Waals surface area contributed by atoms with Gasteiger partial charge in [0, 0.05) is 18.4 Å². The standard InChI is InChI=1S/C24H18ClN3O2/c1-16(29)30-23-14-24(28(27(23)15-26)18-12-10-17(25)11-13-18)21-8-4-2-6-19(21)20-7-3-5-9-22(20)24/h2-13,23H,14H2,1H3. The van der Waals surface area contributed by atoms with Gasteiger partial charge in [-0.25, -0.2) is 0 Å². The van der Waals surface area contributed by atoms with E-state index in [9.17, 15) is 10.1 Å². The summed E-state index contributed by atoms with van der Waals surface area (Å²) < 4.78 is 5.60. The third-order valence-corrected chi connectivity index (χ3v) is 6.08. The highest BCUT2D eigenvalue weighted by molar-refractivity contribution is 6.30. The molecular weight excluding hydrogens is 398 g/mol. The largest absolute Gasteiger partial charge is 0.439 e. The van der Waals surface area contributed by atoms with Crippen LogP contribution in [0.2, 0.25) is 5.02 Å². The number of halogens is 1. The molecule has 3 aromatic carbocycles. The molecule has 1 aliphatic carbocycles. The summed E-state index contributed by atoms with van der Waals surface area (Å²) in [6, 6.07) is 23.8. The average Bonchev–Trinajstić information content (AvgIpc) is 3.22. The van der Waals surface area contributed by atoms with E-state index in [1.54, 1.807) is 12.1 Å². The van der Waals surface area contributed by atoms with Crippen molar-refractivity contribution >= 4 is 23.3 Å². The maximum absolute atomic E-state index is 11.8. The number of benzene rings is 3. The van der Waals surface area contributed by atoms with Crippen LogP contribution in [0.1, 0.15) is 24.5 Å².